The zero-order valence-electron chi connectivity index (χ0n) is 17.1. The number of nitrogens with two attached hydrogens (primary N) is 1. The smallest absolute Gasteiger partial charge is 0.251 e. The fourth-order valence-corrected chi connectivity index (χ4v) is 4.80. The molecule has 3 aromatic heterocycles. The van der Waals surface area contributed by atoms with Gasteiger partial charge in [-0.1, -0.05) is 31.4 Å². The molecule has 6 rings (SSSR count). The third-order valence-corrected chi connectivity index (χ3v) is 6.53. The van der Waals surface area contributed by atoms with E-state index in [1.165, 1.54) is 32.1 Å². The third kappa shape index (κ3) is 3.00. The minimum atomic E-state index is -0.0510. The van der Waals surface area contributed by atoms with E-state index in [2.05, 4.69) is 26.3 Å². The van der Waals surface area contributed by atoms with E-state index in [1.807, 2.05) is 30.5 Å². The number of aromatic nitrogens is 3. The molecule has 156 valence electrons. The van der Waals surface area contributed by atoms with Gasteiger partial charge in [-0.25, -0.2) is 4.98 Å². The standard InChI is InChI=1S/C24H23N5O2/c25-23-22-19(9-21(31-22)14-6-7-15-10-27-24(30)18(15)8-14)20(12-26-23)16-11-28-29(13-16)17-4-2-1-3-5-17/h6-9,11-13,17H,1-5,10H2,(H2,25,26)(H,27,30). The highest BCUT2D eigenvalue weighted by Crippen LogP contribution is 2.38. The number of nitrogens with one attached hydrogen (secondary N) is 1. The van der Waals surface area contributed by atoms with Gasteiger partial charge >= 0.3 is 0 Å². The van der Waals surface area contributed by atoms with Gasteiger partial charge < -0.3 is 15.5 Å². The number of rotatable bonds is 3. The fourth-order valence-electron chi connectivity index (χ4n) is 4.80. The normalized spacial score (nSPS) is 16.6. The van der Waals surface area contributed by atoms with E-state index in [-0.39, 0.29) is 5.91 Å². The third-order valence-electron chi connectivity index (χ3n) is 6.53. The van der Waals surface area contributed by atoms with Crippen LogP contribution >= 0.6 is 0 Å². The molecule has 0 spiro atoms. The quantitative estimate of drug-likeness (QED) is 0.508. The first-order chi connectivity index (χ1) is 15.2. The molecule has 7 heteroatoms. The van der Waals surface area contributed by atoms with Crippen molar-refractivity contribution in [1.82, 2.24) is 20.1 Å². The topological polar surface area (TPSA) is 99.0 Å². The molecule has 1 amide bonds. The Morgan fingerprint density at radius 2 is 1.94 bits per heavy atom. The summed E-state index contributed by atoms with van der Waals surface area (Å²) in [6.45, 7) is 0.570. The fraction of sp³-hybridized carbons (Fsp3) is 0.292. The van der Waals surface area contributed by atoms with Crippen molar-refractivity contribution in [3.8, 4) is 22.5 Å². The van der Waals surface area contributed by atoms with Crippen molar-refractivity contribution in [3.63, 3.8) is 0 Å². The van der Waals surface area contributed by atoms with Crippen molar-refractivity contribution in [3.05, 3.63) is 54.0 Å². The summed E-state index contributed by atoms with van der Waals surface area (Å²) in [7, 11) is 0. The van der Waals surface area contributed by atoms with Crippen LogP contribution in [0.2, 0.25) is 0 Å². The number of carbonyl (C=O) groups excluding carboxylic acids is 1. The summed E-state index contributed by atoms with van der Waals surface area (Å²) >= 11 is 0. The van der Waals surface area contributed by atoms with Crippen molar-refractivity contribution in [1.29, 1.82) is 0 Å². The molecule has 4 aromatic rings. The zero-order chi connectivity index (χ0) is 20.9. The SMILES string of the molecule is Nc1ncc(-c2cnn(C3CCCCC3)c2)c2cc(-c3ccc4c(c3)C(=O)NC4)oc12. The number of carbonyl (C=O) groups is 1. The molecule has 0 unspecified atom stereocenters. The van der Waals surface area contributed by atoms with Crippen LogP contribution in [0.1, 0.15) is 54.1 Å². The van der Waals surface area contributed by atoms with Crippen LogP contribution in [0.15, 0.2) is 47.3 Å². The Morgan fingerprint density at radius 3 is 2.81 bits per heavy atom. The van der Waals surface area contributed by atoms with E-state index in [4.69, 9.17) is 10.2 Å². The van der Waals surface area contributed by atoms with Crippen molar-refractivity contribution in [2.45, 2.75) is 44.7 Å². The summed E-state index contributed by atoms with van der Waals surface area (Å²) in [5, 5.41) is 8.39. The average Bonchev–Trinajstić information content (AvgIpc) is 3.54. The molecule has 1 fully saturated rings. The Hall–Kier alpha value is -3.61. The van der Waals surface area contributed by atoms with Crippen LogP contribution in [0, 0.1) is 0 Å². The number of anilines is 1. The number of amides is 1. The molecule has 7 nitrogen and oxygen atoms in total. The van der Waals surface area contributed by atoms with Crippen molar-refractivity contribution in [2.75, 3.05) is 5.73 Å². The van der Waals surface area contributed by atoms with Crippen LogP contribution in [0.25, 0.3) is 33.4 Å². The van der Waals surface area contributed by atoms with Gasteiger partial charge in [0.05, 0.1) is 12.2 Å². The van der Waals surface area contributed by atoms with Crippen LogP contribution in [0.3, 0.4) is 0 Å². The van der Waals surface area contributed by atoms with Gasteiger partial charge in [-0.05, 0) is 30.5 Å². The van der Waals surface area contributed by atoms with E-state index in [9.17, 15) is 4.79 Å². The second kappa shape index (κ2) is 6.97. The second-order valence-corrected chi connectivity index (χ2v) is 8.47. The van der Waals surface area contributed by atoms with Gasteiger partial charge in [-0.3, -0.25) is 9.48 Å². The molecule has 1 aliphatic carbocycles. The lowest BCUT2D eigenvalue weighted by atomic mass is 9.96. The Labute approximate surface area is 179 Å². The first-order valence-electron chi connectivity index (χ1n) is 10.8. The minimum absolute atomic E-state index is 0.0510. The monoisotopic (exact) mass is 413 g/mol. The summed E-state index contributed by atoms with van der Waals surface area (Å²) < 4.78 is 8.21. The molecule has 0 radical (unpaired) electrons. The molecule has 31 heavy (non-hydrogen) atoms. The highest BCUT2D eigenvalue weighted by molar-refractivity contribution is 6.01. The van der Waals surface area contributed by atoms with Gasteiger partial charge in [0.1, 0.15) is 5.76 Å². The van der Waals surface area contributed by atoms with Gasteiger partial charge in [0.25, 0.3) is 5.91 Å². The number of nitrogens with zero attached hydrogens (tertiary/aromatic N) is 3. The maximum absolute atomic E-state index is 12.1. The van der Waals surface area contributed by atoms with Gasteiger partial charge in [0.2, 0.25) is 0 Å². The predicted molar refractivity (Wildman–Crippen MR) is 118 cm³/mol. The van der Waals surface area contributed by atoms with Crippen molar-refractivity contribution < 1.29 is 9.21 Å². The number of nitrogen functional groups attached to an aromatic ring is 1. The van der Waals surface area contributed by atoms with Crippen LogP contribution < -0.4 is 11.1 Å². The number of fused-ring (bicyclic) bond motifs is 2. The molecular weight excluding hydrogens is 390 g/mol. The van der Waals surface area contributed by atoms with Crippen LogP contribution in [0.4, 0.5) is 5.82 Å². The van der Waals surface area contributed by atoms with Crippen molar-refractivity contribution >= 4 is 22.7 Å². The van der Waals surface area contributed by atoms with Crippen molar-refractivity contribution in [2.24, 2.45) is 0 Å². The van der Waals surface area contributed by atoms with Crippen LogP contribution in [-0.2, 0) is 6.54 Å². The number of hydrogen-bond donors (Lipinski definition) is 2. The van der Waals surface area contributed by atoms with E-state index >= 15 is 0 Å². The van der Waals surface area contributed by atoms with E-state index in [0.29, 0.717) is 35.3 Å². The predicted octanol–water partition coefficient (Wildman–Crippen LogP) is 4.69. The zero-order valence-corrected chi connectivity index (χ0v) is 17.1. The molecule has 1 aromatic carbocycles. The molecule has 1 saturated carbocycles. The number of furan rings is 1. The lowest BCUT2D eigenvalue weighted by Gasteiger charge is -2.21. The number of pyridine rings is 1. The van der Waals surface area contributed by atoms with Crippen LogP contribution in [-0.4, -0.2) is 20.7 Å². The first kappa shape index (κ1) is 18.2. The first-order valence-corrected chi connectivity index (χ1v) is 10.8. The molecule has 3 N–H and O–H groups in total. The molecule has 1 aliphatic heterocycles. The highest BCUT2D eigenvalue weighted by Gasteiger charge is 2.22. The van der Waals surface area contributed by atoms with Gasteiger partial charge in [-0.2, -0.15) is 5.10 Å². The van der Waals surface area contributed by atoms with Gasteiger partial charge in [0.15, 0.2) is 11.4 Å². The molecular formula is C24H23N5O2. The summed E-state index contributed by atoms with van der Waals surface area (Å²) in [5.74, 6) is 0.964. The second-order valence-electron chi connectivity index (χ2n) is 8.47. The largest absolute Gasteiger partial charge is 0.452 e. The lowest BCUT2D eigenvalue weighted by molar-refractivity contribution is 0.0966. The Balaban J connectivity index is 1.42. The maximum atomic E-state index is 12.1. The lowest BCUT2D eigenvalue weighted by Crippen LogP contribution is -2.12. The molecule has 0 saturated heterocycles. The van der Waals surface area contributed by atoms with E-state index < -0.39 is 0 Å². The number of benzene rings is 1. The number of hydrogen-bond acceptors (Lipinski definition) is 5. The molecule has 0 atom stereocenters. The molecule has 2 aliphatic rings. The minimum Gasteiger partial charge on any atom is -0.452 e. The summed E-state index contributed by atoms with van der Waals surface area (Å²) in [6.07, 6.45) is 12.0. The Morgan fingerprint density at radius 1 is 1.06 bits per heavy atom. The van der Waals surface area contributed by atoms with Gasteiger partial charge in [0, 0.05) is 46.6 Å². The summed E-state index contributed by atoms with van der Waals surface area (Å²) in [6, 6.07) is 8.26. The molecule has 0 bridgehead atoms. The Bertz CT molecular complexity index is 1310. The molecule has 4 heterocycles. The average molecular weight is 413 g/mol. The van der Waals surface area contributed by atoms with E-state index in [1.54, 1.807) is 6.20 Å². The highest BCUT2D eigenvalue weighted by atomic mass is 16.3. The van der Waals surface area contributed by atoms with E-state index in [0.717, 1.165) is 27.6 Å². The van der Waals surface area contributed by atoms with Crippen LogP contribution in [0.5, 0.6) is 0 Å². The Kier molecular flexibility index (Phi) is 4.09. The van der Waals surface area contributed by atoms with Gasteiger partial charge in [-0.15, -0.1) is 0 Å². The summed E-state index contributed by atoms with van der Waals surface area (Å²) in [5.41, 5.74) is 11.2. The maximum Gasteiger partial charge on any atom is 0.251 e. The summed E-state index contributed by atoms with van der Waals surface area (Å²) in [4.78, 5) is 16.4.